The number of rotatable bonds is 5. The molecule has 1 N–H and O–H groups in total. The van der Waals surface area contributed by atoms with E-state index in [9.17, 15) is 22.8 Å². The summed E-state index contributed by atoms with van der Waals surface area (Å²) in [4.78, 5) is 37.4. The number of nitrogens with zero attached hydrogens (tertiary/aromatic N) is 1. The van der Waals surface area contributed by atoms with Crippen molar-refractivity contribution in [1.82, 2.24) is 10.2 Å². The molecule has 1 atom stereocenters. The molecule has 10 heteroatoms. The van der Waals surface area contributed by atoms with Crippen LogP contribution in [0.3, 0.4) is 0 Å². The van der Waals surface area contributed by atoms with Crippen LogP contribution >= 0.6 is 11.8 Å². The second-order valence-electron chi connectivity index (χ2n) is 5.77. The summed E-state index contributed by atoms with van der Waals surface area (Å²) in [7, 11) is -3.07. The van der Waals surface area contributed by atoms with Crippen LogP contribution in [0.2, 0.25) is 0 Å². The van der Waals surface area contributed by atoms with Crippen LogP contribution in [0.5, 0.6) is 0 Å². The van der Waals surface area contributed by atoms with E-state index < -0.39 is 27.0 Å². The molecule has 2 aliphatic rings. The molecule has 1 aromatic heterocycles. The highest BCUT2D eigenvalue weighted by molar-refractivity contribution is 8.18. The number of sulfone groups is 1. The molecule has 3 heterocycles. The van der Waals surface area contributed by atoms with Gasteiger partial charge in [0, 0.05) is 25.1 Å². The predicted octanol–water partition coefficient (Wildman–Crippen LogP) is 1.01. The third kappa shape index (κ3) is 4.31. The van der Waals surface area contributed by atoms with Crippen molar-refractivity contribution < 1.29 is 27.2 Å². The smallest absolute Gasteiger partial charge is 0.293 e. The lowest BCUT2D eigenvalue weighted by molar-refractivity contribution is -0.124. The van der Waals surface area contributed by atoms with Crippen molar-refractivity contribution in [2.24, 2.45) is 0 Å². The van der Waals surface area contributed by atoms with E-state index in [1.807, 2.05) is 0 Å². The average molecular weight is 384 g/mol. The van der Waals surface area contributed by atoms with E-state index in [0.29, 0.717) is 12.2 Å². The van der Waals surface area contributed by atoms with Gasteiger partial charge in [0.05, 0.1) is 22.7 Å². The number of hydrogen-bond donors (Lipinski definition) is 1. The summed E-state index contributed by atoms with van der Waals surface area (Å²) >= 11 is 0.792. The number of carbonyl (C=O) groups is 3. The van der Waals surface area contributed by atoms with E-state index in [-0.39, 0.29) is 35.3 Å². The summed E-state index contributed by atoms with van der Waals surface area (Å²) in [6, 6.07) is 2.94. The molecule has 0 aliphatic carbocycles. The van der Waals surface area contributed by atoms with Crippen molar-refractivity contribution in [3.8, 4) is 0 Å². The van der Waals surface area contributed by atoms with Gasteiger partial charge in [-0.15, -0.1) is 0 Å². The largest absolute Gasteiger partial charge is 0.465 e. The van der Waals surface area contributed by atoms with Crippen LogP contribution in [0.4, 0.5) is 4.79 Å². The summed E-state index contributed by atoms with van der Waals surface area (Å²) in [6.45, 7) is -0.0501. The fraction of sp³-hybridized carbons (Fsp3) is 0.400. The van der Waals surface area contributed by atoms with Gasteiger partial charge in [-0.05, 0) is 30.3 Å². The topological polar surface area (TPSA) is 114 Å². The molecule has 2 fully saturated rings. The molecule has 2 saturated heterocycles. The Morgan fingerprint density at radius 1 is 1.44 bits per heavy atom. The normalized spacial score (nSPS) is 24.2. The van der Waals surface area contributed by atoms with Crippen LogP contribution in [0.1, 0.15) is 18.6 Å². The van der Waals surface area contributed by atoms with E-state index in [4.69, 9.17) is 4.42 Å². The number of nitrogens with one attached hydrogen (secondary N) is 1. The second kappa shape index (κ2) is 7.04. The zero-order valence-corrected chi connectivity index (χ0v) is 14.8. The predicted molar refractivity (Wildman–Crippen MR) is 91.2 cm³/mol. The van der Waals surface area contributed by atoms with E-state index >= 15 is 0 Å². The molecular weight excluding hydrogens is 368 g/mol. The van der Waals surface area contributed by atoms with Crippen LogP contribution < -0.4 is 5.32 Å². The summed E-state index contributed by atoms with van der Waals surface area (Å²) in [5.41, 5.74) is 0. The van der Waals surface area contributed by atoms with Gasteiger partial charge in [0.15, 0.2) is 9.84 Å². The SMILES string of the molecule is O=C(CCN1C(=O)S/C(=C\c2ccco2)C1=O)N[C@@H]1CCS(=O)(=O)C1. The lowest BCUT2D eigenvalue weighted by Crippen LogP contribution is -2.38. The standard InChI is InChI=1S/C15H16N2O6S2/c18-13(16-10-4-7-25(21,22)9-10)3-5-17-14(19)12(24-15(17)20)8-11-2-1-6-23-11/h1-2,6,8,10H,3-5,7,9H2,(H,16,18)/b12-8-/t10-/m1/s1. The third-order valence-corrected chi connectivity index (χ3v) is 6.53. The second-order valence-corrected chi connectivity index (χ2v) is 8.99. The van der Waals surface area contributed by atoms with Gasteiger partial charge in [0.25, 0.3) is 11.1 Å². The highest BCUT2D eigenvalue weighted by atomic mass is 32.2. The highest BCUT2D eigenvalue weighted by Gasteiger charge is 2.35. The van der Waals surface area contributed by atoms with Crippen LogP contribution in [0.15, 0.2) is 27.7 Å². The van der Waals surface area contributed by atoms with Crippen molar-refractivity contribution in [3.63, 3.8) is 0 Å². The van der Waals surface area contributed by atoms with Gasteiger partial charge in [0.1, 0.15) is 5.76 Å². The first-order chi connectivity index (χ1) is 11.8. The van der Waals surface area contributed by atoms with Crippen molar-refractivity contribution in [2.45, 2.75) is 18.9 Å². The molecule has 1 aromatic rings. The maximum absolute atomic E-state index is 12.2. The zero-order chi connectivity index (χ0) is 18.0. The van der Waals surface area contributed by atoms with Gasteiger partial charge in [-0.2, -0.15) is 0 Å². The number of hydrogen-bond acceptors (Lipinski definition) is 7. The van der Waals surface area contributed by atoms with Gasteiger partial charge in [-0.25, -0.2) is 8.42 Å². The average Bonchev–Trinajstić information content (AvgIpc) is 3.21. The Morgan fingerprint density at radius 3 is 2.88 bits per heavy atom. The van der Waals surface area contributed by atoms with Gasteiger partial charge in [-0.1, -0.05) is 0 Å². The highest BCUT2D eigenvalue weighted by Crippen LogP contribution is 2.32. The van der Waals surface area contributed by atoms with E-state index in [1.54, 1.807) is 12.1 Å². The lowest BCUT2D eigenvalue weighted by atomic mass is 10.2. The molecule has 0 saturated carbocycles. The Bertz CT molecular complexity index is 828. The molecule has 25 heavy (non-hydrogen) atoms. The Morgan fingerprint density at radius 2 is 2.24 bits per heavy atom. The van der Waals surface area contributed by atoms with Crippen LogP contribution in [-0.2, 0) is 19.4 Å². The number of thioether (sulfide) groups is 1. The molecule has 3 rings (SSSR count). The number of furan rings is 1. The van der Waals surface area contributed by atoms with Crippen LogP contribution in [0, 0.1) is 0 Å². The van der Waals surface area contributed by atoms with Crippen molar-refractivity contribution >= 4 is 44.7 Å². The molecular formula is C15H16N2O6S2. The molecule has 2 aliphatic heterocycles. The monoisotopic (exact) mass is 384 g/mol. The Hall–Kier alpha value is -2.07. The number of amides is 3. The Labute approximate surface area is 148 Å². The molecule has 0 spiro atoms. The molecule has 8 nitrogen and oxygen atoms in total. The minimum atomic E-state index is -3.07. The van der Waals surface area contributed by atoms with Gasteiger partial charge in [-0.3, -0.25) is 19.3 Å². The van der Waals surface area contributed by atoms with Crippen LogP contribution in [-0.4, -0.2) is 54.5 Å². The number of imide groups is 1. The fourth-order valence-electron chi connectivity index (χ4n) is 2.62. The summed E-state index contributed by atoms with van der Waals surface area (Å²) in [5, 5.41) is 2.19. The minimum absolute atomic E-state index is 0.0501. The quantitative estimate of drug-likeness (QED) is 0.754. The van der Waals surface area contributed by atoms with E-state index in [0.717, 1.165) is 16.7 Å². The van der Waals surface area contributed by atoms with Gasteiger partial charge in [0.2, 0.25) is 5.91 Å². The summed E-state index contributed by atoms with van der Waals surface area (Å²) < 4.78 is 27.9. The van der Waals surface area contributed by atoms with Crippen molar-refractivity contribution in [3.05, 3.63) is 29.1 Å². The first-order valence-electron chi connectivity index (χ1n) is 7.63. The first-order valence-corrected chi connectivity index (χ1v) is 10.3. The molecule has 0 radical (unpaired) electrons. The Kier molecular flexibility index (Phi) is 5.00. The molecule has 0 bridgehead atoms. The summed E-state index contributed by atoms with van der Waals surface area (Å²) in [6.07, 6.45) is 3.27. The molecule has 3 amide bonds. The fourth-order valence-corrected chi connectivity index (χ4v) is 5.14. The van der Waals surface area contributed by atoms with E-state index in [1.165, 1.54) is 12.3 Å². The van der Waals surface area contributed by atoms with Crippen molar-refractivity contribution in [2.75, 3.05) is 18.1 Å². The maximum Gasteiger partial charge on any atom is 0.293 e. The zero-order valence-electron chi connectivity index (χ0n) is 13.1. The maximum atomic E-state index is 12.2. The Balaban J connectivity index is 1.53. The minimum Gasteiger partial charge on any atom is -0.465 e. The van der Waals surface area contributed by atoms with Crippen molar-refractivity contribution in [1.29, 1.82) is 0 Å². The van der Waals surface area contributed by atoms with Crippen LogP contribution in [0.25, 0.3) is 6.08 Å². The number of carbonyl (C=O) groups excluding carboxylic acids is 3. The molecule has 0 aromatic carbocycles. The van der Waals surface area contributed by atoms with Gasteiger partial charge < -0.3 is 9.73 Å². The molecule has 134 valence electrons. The summed E-state index contributed by atoms with van der Waals surface area (Å²) in [5.74, 6) is -0.380. The lowest BCUT2D eigenvalue weighted by Gasteiger charge is -2.14. The third-order valence-electron chi connectivity index (χ3n) is 3.85. The first kappa shape index (κ1) is 17.7. The molecule has 0 unspecified atom stereocenters. The van der Waals surface area contributed by atoms with E-state index in [2.05, 4.69) is 5.32 Å². The van der Waals surface area contributed by atoms with Gasteiger partial charge >= 0.3 is 0 Å².